The molecule has 0 bridgehead atoms. The van der Waals surface area contributed by atoms with Gasteiger partial charge in [-0.1, -0.05) is 29.3 Å². The van der Waals surface area contributed by atoms with Crippen LogP contribution in [0.2, 0.25) is 10.0 Å². The van der Waals surface area contributed by atoms with Gasteiger partial charge in [0.1, 0.15) is 11.4 Å². The number of aromatic nitrogens is 1. The lowest BCUT2D eigenvalue weighted by molar-refractivity contribution is 0.101. The van der Waals surface area contributed by atoms with Crippen molar-refractivity contribution in [3.63, 3.8) is 0 Å². The van der Waals surface area contributed by atoms with Crippen molar-refractivity contribution in [3.05, 3.63) is 68.8 Å². The topological polar surface area (TPSA) is 25.0 Å². The number of fused-ring (bicyclic) bond motifs is 4. The zero-order valence-corrected chi connectivity index (χ0v) is 15.3. The number of halogens is 2. The molecule has 0 radical (unpaired) electrons. The highest BCUT2D eigenvalue weighted by Crippen LogP contribution is 2.42. The molecule has 2 aliphatic rings. The smallest absolute Gasteiger partial charge is 0.132 e. The SMILES string of the molecule is Cc1cc2c(cc1Cl)C=CC1(CCc3[nH]c4ccc(Cl)cc4c3C1)O2. The van der Waals surface area contributed by atoms with Crippen molar-refractivity contribution in [1.29, 1.82) is 0 Å². The maximum atomic E-state index is 6.51. The van der Waals surface area contributed by atoms with Crippen LogP contribution in [0.5, 0.6) is 5.75 Å². The van der Waals surface area contributed by atoms with Gasteiger partial charge in [0.05, 0.1) is 0 Å². The number of ether oxygens (including phenoxy) is 1. The van der Waals surface area contributed by atoms with Crippen LogP contribution < -0.4 is 4.74 Å². The Morgan fingerprint density at radius 2 is 2.04 bits per heavy atom. The maximum absolute atomic E-state index is 6.51. The van der Waals surface area contributed by atoms with E-state index in [4.69, 9.17) is 27.9 Å². The first kappa shape index (κ1) is 15.4. The number of hydrogen-bond donors (Lipinski definition) is 1. The molecule has 1 atom stereocenters. The van der Waals surface area contributed by atoms with Crippen LogP contribution in [0.1, 0.15) is 28.8 Å². The lowest BCUT2D eigenvalue weighted by Crippen LogP contribution is -2.41. The van der Waals surface area contributed by atoms with Gasteiger partial charge < -0.3 is 9.72 Å². The molecular formula is C21H17Cl2NO. The Kier molecular flexibility index (Phi) is 3.25. The predicted molar refractivity (Wildman–Crippen MR) is 104 cm³/mol. The molecule has 1 aliphatic carbocycles. The Labute approximate surface area is 156 Å². The summed E-state index contributed by atoms with van der Waals surface area (Å²) in [5.41, 5.74) is 5.57. The number of aromatic amines is 1. The van der Waals surface area contributed by atoms with E-state index >= 15 is 0 Å². The third-order valence-electron chi connectivity index (χ3n) is 5.40. The van der Waals surface area contributed by atoms with Crippen molar-refractivity contribution in [1.82, 2.24) is 4.98 Å². The average Bonchev–Trinajstić information content (AvgIpc) is 2.93. The number of hydrogen-bond acceptors (Lipinski definition) is 1. The highest BCUT2D eigenvalue weighted by atomic mass is 35.5. The molecule has 1 unspecified atom stereocenters. The highest BCUT2D eigenvalue weighted by molar-refractivity contribution is 6.31. The molecule has 4 heteroatoms. The second kappa shape index (κ2) is 5.30. The van der Waals surface area contributed by atoms with Gasteiger partial charge in [-0.05, 0) is 67.3 Å². The molecule has 1 spiro atoms. The summed E-state index contributed by atoms with van der Waals surface area (Å²) in [6.45, 7) is 2.01. The average molecular weight is 370 g/mol. The van der Waals surface area contributed by atoms with E-state index in [-0.39, 0.29) is 5.60 Å². The minimum atomic E-state index is -0.294. The van der Waals surface area contributed by atoms with Gasteiger partial charge in [-0.25, -0.2) is 0 Å². The third kappa shape index (κ3) is 2.39. The summed E-state index contributed by atoms with van der Waals surface area (Å²) < 4.78 is 6.51. The Bertz CT molecular complexity index is 1050. The fraction of sp³-hybridized carbons (Fsp3) is 0.238. The molecule has 1 N–H and O–H groups in total. The Morgan fingerprint density at radius 3 is 2.92 bits per heavy atom. The summed E-state index contributed by atoms with van der Waals surface area (Å²) in [6, 6.07) is 10.1. The van der Waals surface area contributed by atoms with E-state index in [0.717, 1.165) is 51.7 Å². The molecule has 0 fully saturated rings. The summed E-state index contributed by atoms with van der Waals surface area (Å²) in [4.78, 5) is 3.55. The van der Waals surface area contributed by atoms with Crippen LogP contribution in [0.4, 0.5) is 0 Å². The number of rotatable bonds is 0. The molecule has 0 saturated carbocycles. The van der Waals surface area contributed by atoms with Crippen LogP contribution in [0.3, 0.4) is 0 Å². The van der Waals surface area contributed by atoms with Gasteiger partial charge in [0.2, 0.25) is 0 Å². The van der Waals surface area contributed by atoms with Crippen LogP contribution in [-0.2, 0) is 12.8 Å². The molecule has 2 nitrogen and oxygen atoms in total. The number of H-pyrrole nitrogens is 1. The van der Waals surface area contributed by atoms with E-state index < -0.39 is 0 Å². The molecule has 0 amide bonds. The van der Waals surface area contributed by atoms with Gasteiger partial charge in [-0.3, -0.25) is 0 Å². The summed E-state index contributed by atoms with van der Waals surface area (Å²) in [7, 11) is 0. The van der Waals surface area contributed by atoms with Crippen molar-refractivity contribution in [2.24, 2.45) is 0 Å². The molecule has 2 heterocycles. The summed E-state index contributed by atoms with van der Waals surface area (Å²) in [6.07, 6.45) is 7.12. The summed E-state index contributed by atoms with van der Waals surface area (Å²) in [5, 5.41) is 2.75. The Hall–Kier alpha value is -1.90. The predicted octanol–water partition coefficient (Wildman–Crippen LogP) is 6.12. The molecule has 126 valence electrons. The van der Waals surface area contributed by atoms with Crippen molar-refractivity contribution >= 4 is 40.2 Å². The summed E-state index contributed by atoms with van der Waals surface area (Å²) >= 11 is 12.5. The fourth-order valence-corrected chi connectivity index (χ4v) is 4.37. The number of benzene rings is 2. The minimum Gasteiger partial charge on any atom is -0.482 e. The van der Waals surface area contributed by atoms with Gasteiger partial charge in [0.25, 0.3) is 0 Å². The van der Waals surface area contributed by atoms with Gasteiger partial charge in [0, 0.05) is 38.6 Å². The molecule has 25 heavy (non-hydrogen) atoms. The largest absolute Gasteiger partial charge is 0.482 e. The van der Waals surface area contributed by atoms with Crippen molar-refractivity contribution in [2.45, 2.75) is 31.8 Å². The number of nitrogens with one attached hydrogen (secondary N) is 1. The monoisotopic (exact) mass is 369 g/mol. The lowest BCUT2D eigenvalue weighted by atomic mass is 9.80. The van der Waals surface area contributed by atoms with Crippen molar-refractivity contribution in [3.8, 4) is 5.75 Å². The molecule has 1 aliphatic heterocycles. The quantitative estimate of drug-likeness (QED) is 0.507. The van der Waals surface area contributed by atoms with Gasteiger partial charge >= 0.3 is 0 Å². The zero-order valence-electron chi connectivity index (χ0n) is 13.8. The van der Waals surface area contributed by atoms with Gasteiger partial charge in [-0.2, -0.15) is 0 Å². The molecule has 2 aromatic carbocycles. The van der Waals surface area contributed by atoms with E-state index in [2.05, 4.69) is 29.3 Å². The van der Waals surface area contributed by atoms with E-state index in [1.165, 1.54) is 16.6 Å². The van der Waals surface area contributed by atoms with Gasteiger partial charge in [0.15, 0.2) is 0 Å². The van der Waals surface area contributed by atoms with Crippen LogP contribution in [0, 0.1) is 6.92 Å². The van der Waals surface area contributed by atoms with Crippen LogP contribution in [0.15, 0.2) is 36.4 Å². The van der Waals surface area contributed by atoms with E-state index in [1.807, 2.05) is 25.1 Å². The minimum absolute atomic E-state index is 0.294. The summed E-state index contributed by atoms with van der Waals surface area (Å²) in [5.74, 6) is 0.922. The van der Waals surface area contributed by atoms with Crippen molar-refractivity contribution in [2.75, 3.05) is 0 Å². The normalized spacial score (nSPS) is 21.2. The molecule has 3 aromatic rings. The van der Waals surface area contributed by atoms with Crippen LogP contribution in [-0.4, -0.2) is 10.6 Å². The van der Waals surface area contributed by atoms with Crippen LogP contribution in [0.25, 0.3) is 17.0 Å². The first-order valence-corrected chi connectivity index (χ1v) is 9.26. The Morgan fingerprint density at radius 1 is 1.16 bits per heavy atom. The van der Waals surface area contributed by atoms with Crippen molar-refractivity contribution < 1.29 is 4.74 Å². The van der Waals surface area contributed by atoms with Gasteiger partial charge in [-0.15, -0.1) is 0 Å². The Balaban J connectivity index is 1.58. The lowest BCUT2D eigenvalue weighted by Gasteiger charge is -2.38. The first-order chi connectivity index (χ1) is 12.0. The second-order valence-electron chi connectivity index (χ2n) is 7.09. The van der Waals surface area contributed by atoms with E-state index in [0.29, 0.717) is 0 Å². The maximum Gasteiger partial charge on any atom is 0.132 e. The standard InChI is InChI=1S/C21H17Cl2NO/c1-12-8-20-13(9-17(12)23)4-6-21(25-20)7-5-19-16(11-21)15-10-14(22)2-3-18(15)24-19/h2-4,6,8-10,24H,5,7,11H2,1H3. The van der Waals surface area contributed by atoms with Crippen LogP contribution >= 0.6 is 23.2 Å². The second-order valence-corrected chi connectivity index (χ2v) is 7.93. The van der Waals surface area contributed by atoms with E-state index in [9.17, 15) is 0 Å². The zero-order chi connectivity index (χ0) is 17.2. The molecule has 5 rings (SSSR count). The molecule has 0 saturated heterocycles. The first-order valence-electron chi connectivity index (χ1n) is 8.50. The van der Waals surface area contributed by atoms with E-state index in [1.54, 1.807) is 0 Å². The molecule has 1 aromatic heterocycles. The molecular weight excluding hydrogens is 353 g/mol. The number of aryl methyl sites for hydroxylation is 2. The fourth-order valence-electron chi connectivity index (χ4n) is 4.03. The third-order valence-corrected chi connectivity index (χ3v) is 6.04. The highest BCUT2D eigenvalue weighted by Gasteiger charge is 2.38.